The molecule has 23 heavy (non-hydrogen) atoms. The Kier molecular flexibility index (Phi) is 8.07. The number of carbonyl (C=O) groups is 1. The molecule has 3 nitrogen and oxygen atoms in total. The van der Waals surface area contributed by atoms with Crippen molar-refractivity contribution in [2.24, 2.45) is 5.73 Å². The van der Waals surface area contributed by atoms with E-state index in [2.05, 4.69) is 36.5 Å². The van der Waals surface area contributed by atoms with E-state index in [1.165, 1.54) is 10.8 Å². The van der Waals surface area contributed by atoms with Crippen LogP contribution in [0.1, 0.15) is 44.6 Å². The van der Waals surface area contributed by atoms with Gasteiger partial charge in [-0.15, -0.1) is 12.4 Å². The maximum atomic E-state index is 12.4. The van der Waals surface area contributed by atoms with Crippen LogP contribution < -0.4 is 11.1 Å². The molecular weight excluding hydrogens is 308 g/mol. The van der Waals surface area contributed by atoms with Crippen molar-refractivity contribution in [3.05, 3.63) is 48.0 Å². The first-order valence-corrected chi connectivity index (χ1v) is 8.14. The second-order valence-corrected chi connectivity index (χ2v) is 5.91. The summed E-state index contributed by atoms with van der Waals surface area (Å²) in [7, 11) is 0. The molecule has 2 aromatic rings. The van der Waals surface area contributed by atoms with Gasteiger partial charge < -0.3 is 11.1 Å². The van der Waals surface area contributed by atoms with Gasteiger partial charge in [0.2, 0.25) is 5.91 Å². The van der Waals surface area contributed by atoms with Gasteiger partial charge in [-0.3, -0.25) is 4.79 Å². The number of fused-ring (bicyclic) bond motifs is 1. The van der Waals surface area contributed by atoms with Gasteiger partial charge in [0.05, 0.1) is 5.92 Å². The molecule has 0 saturated carbocycles. The fourth-order valence-electron chi connectivity index (χ4n) is 2.65. The number of benzene rings is 2. The van der Waals surface area contributed by atoms with Crippen LogP contribution in [0, 0.1) is 0 Å². The molecule has 0 heterocycles. The monoisotopic (exact) mass is 334 g/mol. The molecular formula is C19H27ClN2O. The lowest BCUT2D eigenvalue weighted by molar-refractivity contribution is -0.122. The second-order valence-electron chi connectivity index (χ2n) is 5.91. The van der Waals surface area contributed by atoms with Gasteiger partial charge in [0.1, 0.15) is 0 Å². The second kappa shape index (κ2) is 9.53. The maximum Gasteiger partial charge on any atom is 0.227 e. The average Bonchev–Trinajstić information content (AvgIpc) is 2.57. The normalized spacial score (nSPS) is 13.2. The SMILES string of the molecule is CCCCC(CN)NC(=O)C(C)c1ccc2ccccc2c1.Cl. The molecule has 2 atom stereocenters. The van der Waals surface area contributed by atoms with Crippen LogP contribution >= 0.6 is 12.4 Å². The Balaban J connectivity index is 0.00000264. The molecule has 0 bridgehead atoms. The lowest BCUT2D eigenvalue weighted by Crippen LogP contribution is -2.42. The van der Waals surface area contributed by atoms with E-state index in [0.29, 0.717) is 6.54 Å². The fourth-order valence-corrected chi connectivity index (χ4v) is 2.65. The number of carbonyl (C=O) groups excluding carboxylic acids is 1. The van der Waals surface area contributed by atoms with Crippen molar-refractivity contribution >= 4 is 29.1 Å². The van der Waals surface area contributed by atoms with E-state index >= 15 is 0 Å². The van der Waals surface area contributed by atoms with E-state index < -0.39 is 0 Å². The molecule has 4 heteroatoms. The number of amides is 1. The third kappa shape index (κ3) is 5.22. The van der Waals surface area contributed by atoms with Crippen LogP contribution in [0.15, 0.2) is 42.5 Å². The van der Waals surface area contributed by atoms with Gasteiger partial charge in [0, 0.05) is 12.6 Å². The first-order valence-electron chi connectivity index (χ1n) is 8.14. The van der Waals surface area contributed by atoms with Crippen LogP contribution in [0.2, 0.25) is 0 Å². The number of hydrogen-bond donors (Lipinski definition) is 2. The quantitative estimate of drug-likeness (QED) is 0.804. The highest BCUT2D eigenvalue weighted by Crippen LogP contribution is 2.22. The summed E-state index contributed by atoms with van der Waals surface area (Å²) < 4.78 is 0. The summed E-state index contributed by atoms with van der Waals surface area (Å²) in [6.45, 7) is 4.59. The predicted molar refractivity (Wildman–Crippen MR) is 100 cm³/mol. The van der Waals surface area contributed by atoms with Crippen molar-refractivity contribution in [1.82, 2.24) is 5.32 Å². The van der Waals surface area contributed by atoms with Crippen molar-refractivity contribution in [3.63, 3.8) is 0 Å². The Morgan fingerprint density at radius 3 is 2.52 bits per heavy atom. The summed E-state index contributed by atoms with van der Waals surface area (Å²) >= 11 is 0. The number of unbranched alkanes of at least 4 members (excludes halogenated alkanes) is 1. The first-order chi connectivity index (χ1) is 10.7. The predicted octanol–water partition coefficient (Wildman–Crippen LogP) is 4.00. The molecule has 0 aliphatic rings. The molecule has 0 radical (unpaired) electrons. The summed E-state index contributed by atoms with van der Waals surface area (Å²) in [6.07, 6.45) is 3.16. The van der Waals surface area contributed by atoms with Crippen molar-refractivity contribution in [3.8, 4) is 0 Å². The summed E-state index contributed by atoms with van der Waals surface area (Å²) in [4.78, 5) is 12.4. The van der Waals surface area contributed by atoms with Crippen LogP contribution in [0.25, 0.3) is 10.8 Å². The van der Waals surface area contributed by atoms with Crippen molar-refractivity contribution in [2.45, 2.75) is 45.1 Å². The molecule has 0 aliphatic heterocycles. The molecule has 1 amide bonds. The van der Waals surface area contributed by atoms with Gasteiger partial charge in [0.15, 0.2) is 0 Å². The van der Waals surface area contributed by atoms with E-state index in [1.807, 2.05) is 25.1 Å². The zero-order valence-electron chi connectivity index (χ0n) is 13.9. The zero-order chi connectivity index (χ0) is 15.9. The van der Waals surface area contributed by atoms with Gasteiger partial charge in [-0.05, 0) is 29.7 Å². The number of nitrogens with two attached hydrogens (primary N) is 1. The highest BCUT2D eigenvalue weighted by atomic mass is 35.5. The molecule has 3 N–H and O–H groups in total. The van der Waals surface area contributed by atoms with Crippen molar-refractivity contribution < 1.29 is 4.79 Å². The standard InChI is InChI=1S/C19H26N2O.ClH/c1-3-4-9-18(13-20)21-19(22)14(2)16-11-10-15-7-5-6-8-17(15)12-16;/h5-8,10-12,14,18H,3-4,9,13,20H2,1-2H3,(H,21,22);1H. The molecule has 0 aromatic heterocycles. The Morgan fingerprint density at radius 2 is 1.87 bits per heavy atom. The van der Waals surface area contributed by atoms with Gasteiger partial charge in [-0.1, -0.05) is 62.2 Å². The molecule has 2 unspecified atom stereocenters. The molecule has 2 rings (SSSR count). The maximum absolute atomic E-state index is 12.4. The van der Waals surface area contributed by atoms with Gasteiger partial charge in [-0.2, -0.15) is 0 Å². The number of rotatable bonds is 7. The molecule has 0 fully saturated rings. The largest absolute Gasteiger partial charge is 0.352 e. The van der Waals surface area contributed by atoms with Crippen LogP contribution in [0.4, 0.5) is 0 Å². The van der Waals surface area contributed by atoms with Crippen LogP contribution in [-0.2, 0) is 4.79 Å². The Labute approximate surface area is 145 Å². The van der Waals surface area contributed by atoms with Crippen LogP contribution in [0.3, 0.4) is 0 Å². The third-order valence-corrected chi connectivity index (χ3v) is 4.20. The number of hydrogen-bond acceptors (Lipinski definition) is 2. The van der Waals surface area contributed by atoms with Crippen LogP contribution in [0.5, 0.6) is 0 Å². The summed E-state index contributed by atoms with van der Waals surface area (Å²) in [5.74, 6) is -0.109. The summed E-state index contributed by atoms with van der Waals surface area (Å²) in [6, 6.07) is 14.5. The molecule has 0 aliphatic carbocycles. The van der Waals surface area contributed by atoms with E-state index in [9.17, 15) is 4.79 Å². The lowest BCUT2D eigenvalue weighted by atomic mass is 9.96. The minimum Gasteiger partial charge on any atom is -0.352 e. The van der Waals surface area contributed by atoms with E-state index in [-0.39, 0.29) is 30.3 Å². The third-order valence-electron chi connectivity index (χ3n) is 4.20. The topological polar surface area (TPSA) is 55.1 Å². The highest BCUT2D eigenvalue weighted by molar-refractivity contribution is 5.87. The molecule has 0 saturated heterocycles. The van der Waals surface area contributed by atoms with E-state index in [0.717, 1.165) is 24.8 Å². The van der Waals surface area contributed by atoms with Crippen LogP contribution in [-0.4, -0.2) is 18.5 Å². The first kappa shape index (κ1) is 19.5. The Morgan fingerprint density at radius 1 is 1.17 bits per heavy atom. The smallest absolute Gasteiger partial charge is 0.227 e. The zero-order valence-corrected chi connectivity index (χ0v) is 14.7. The van der Waals surface area contributed by atoms with E-state index in [4.69, 9.17) is 5.73 Å². The van der Waals surface area contributed by atoms with Gasteiger partial charge in [0.25, 0.3) is 0 Å². The average molecular weight is 335 g/mol. The highest BCUT2D eigenvalue weighted by Gasteiger charge is 2.18. The molecule has 0 spiro atoms. The number of nitrogens with one attached hydrogen (secondary N) is 1. The van der Waals surface area contributed by atoms with Gasteiger partial charge in [-0.25, -0.2) is 0 Å². The van der Waals surface area contributed by atoms with E-state index in [1.54, 1.807) is 0 Å². The molecule has 126 valence electrons. The minimum atomic E-state index is -0.166. The summed E-state index contributed by atoms with van der Waals surface area (Å²) in [5, 5.41) is 5.45. The molecule has 2 aromatic carbocycles. The summed E-state index contributed by atoms with van der Waals surface area (Å²) in [5.41, 5.74) is 6.80. The van der Waals surface area contributed by atoms with Gasteiger partial charge >= 0.3 is 0 Å². The van der Waals surface area contributed by atoms with Crippen molar-refractivity contribution in [1.29, 1.82) is 0 Å². The lowest BCUT2D eigenvalue weighted by Gasteiger charge is -2.20. The Bertz CT molecular complexity index is 630. The number of halogens is 1. The fraction of sp³-hybridized carbons (Fsp3) is 0.421. The van der Waals surface area contributed by atoms with Crippen molar-refractivity contribution in [2.75, 3.05) is 6.54 Å². The Hall–Kier alpha value is -1.58. The minimum absolute atomic E-state index is 0.